The summed E-state index contributed by atoms with van der Waals surface area (Å²) >= 11 is 0. The van der Waals surface area contributed by atoms with Gasteiger partial charge >= 0.3 is 7.82 Å². The second-order valence-electron chi connectivity index (χ2n) is 9.57. The summed E-state index contributed by atoms with van der Waals surface area (Å²) < 4.78 is 23.2. The minimum atomic E-state index is -3.89. The van der Waals surface area contributed by atoms with Gasteiger partial charge in [0.05, 0.1) is 26.7 Å². The predicted molar refractivity (Wildman–Crippen MR) is 131 cm³/mol. The van der Waals surface area contributed by atoms with Gasteiger partial charge in [0.25, 0.3) is 0 Å². The van der Waals surface area contributed by atoms with E-state index in [2.05, 4.69) is 26.1 Å². The molecule has 0 radical (unpaired) electrons. The van der Waals surface area contributed by atoms with Gasteiger partial charge in [-0.25, -0.2) is 4.57 Å². The molecule has 0 aromatic rings. The van der Waals surface area contributed by atoms with E-state index in [-0.39, 0.29) is 6.61 Å². The van der Waals surface area contributed by atoms with E-state index in [0.29, 0.717) is 6.61 Å². The number of hydrogen-bond donors (Lipinski definition) is 1. The van der Waals surface area contributed by atoms with Crippen molar-refractivity contribution in [3.8, 4) is 0 Å². The van der Waals surface area contributed by atoms with Gasteiger partial charge in [0.1, 0.15) is 13.2 Å². The Morgan fingerprint density at radius 2 is 1.26 bits per heavy atom. The summed E-state index contributed by atoms with van der Waals surface area (Å²) in [6, 6.07) is 0. The molecule has 0 aliphatic carbocycles. The van der Waals surface area contributed by atoms with E-state index in [1.165, 1.54) is 83.5 Å². The number of hydrogen-bond acceptors (Lipinski definition) is 3. The molecule has 1 N–H and O–H groups in total. The number of quaternary nitrogens is 1. The number of likely N-dealkylation sites (tertiary alicyclic amines) is 1. The zero-order valence-corrected chi connectivity index (χ0v) is 21.5. The van der Waals surface area contributed by atoms with Gasteiger partial charge in [-0.1, -0.05) is 76.9 Å². The van der Waals surface area contributed by atoms with Gasteiger partial charge in [0, 0.05) is 12.8 Å². The summed E-state index contributed by atoms with van der Waals surface area (Å²) in [6.07, 6.45) is 24.6. The third kappa shape index (κ3) is 17.0. The largest absolute Gasteiger partial charge is 0.472 e. The van der Waals surface area contributed by atoms with Crippen LogP contribution in [0, 0.1) is 0 Å². The normalized spacial score (nSPS) is 18.0. The average Bonchev–Trinajstić information content (AvgIpc) is 3.16. The molecule has 1 heterocycles. The topological polar surface area (TPSA) is 55.8 Å². The summed E-state index contributed by atoms with van der Waals surface area (Å²) in [4.78, 5) is 9.80. The van der Waals surface area contributed by atoms with Crippen molar-refractivity contribution in [2.24, 2.45) is 0 Å². The number of phosphoric acid groups is 1. The molecule has 1 fully saturated rings. The summed E-state index contributed by atoms with van der Waals surface area (Å²) in [5.74, 6) is 0. The lowest BCUT2D eigenvalue weighted by molar-refractivity contribution is -0.897. The van der Waals surface area contributed by atoms with Crippen LogP contribution in [0.4, 0.5) is 0 Å². The zero-order chi connectivity index (χ0) is 22.7. The fourth-order valence-corrected chi connectivity index (χ4v) is 5.01. The highest BCUT2D eigenvalue weighted by atomic mass is 31.2. The number of nitrogens with zero attached hydrogens (tertiary/aromatic N) is 1. The number of phosphoric ester groups is 1. The van der Waals surface area contributed by atoms with Crippen LogP contribution in [-0.4, -0.2) is 49.3 Å². The Morgan fingerprint density at radius 3 is 1.84 bits per heavy atom. The van der Waals surface area contributed by atoms with Gasteiger partial charge in [0.2, 0.25) is 0 Å². The summed E-state index contributed by atoms with van der Waals surface area (Å²) in [5, 5.41) is 0. The maximum Gasteiger partial charge on any atom is 0.472 e. The van der Waals surface area contributed by atoms with Crippen molar-refractivity contribution in [2.45, 2.75) is 110 Å². The lowest BCUT2D eigenvalue weighted by Crippen LogP contribution is -2.43. The molecule has 1 saturated heterocycles. The van der Waals surface area contributed by atoms with Crippen LogP contribution in [0.2, 0.25) is 0 Å². The summed E-state index contributed by atoms with van der Waals surface area (Å²) in [5.41, 5.74) is 0. The van der Waals surface area contributed by atoms with Crippen LogP contribution in [0.25, 0.3) is 0 Å². The molecule has 0 bridgehead atoms. The molecule has 0 aromatic carbocycles. The first kappa shape index (κ1) is 28.8. The first-order chi connectivity index (χ1) is 15.0. The maximum absolute atomic E-state index is 12.0. The van der Waals surface area contributed by atoms with E-state index in [9.17, 15) is 9.46 Å². The molecule has 1 aliphatic heterocycles. The molecule has 1 atom stereocenters. The third-order valence-electron chi connectivity index (χ3n) is 6.44. The highest BCUT2D eigenvalue weighted by molar-refractivity contribution is 7.47. The highest BCUT2D eigenvalue weighted by Crippen LogP contribution is 2.43. The molecular weight excluding hydrogens is 409 g/mol. The maximum atomic E-state index is 12.0. The molecule has 31 heavy (non-hydrogen) atoms. The van der Waals surface area contributed by atoms with E-state index < -0.39 is 7.82 Å². The summed E-state index contributed by atoms with van der Waals surface area (Å²) in [7, 11) is -1.70. The summed E-state index contributed by atoms with van der Waals surface area (Å²) in [6.45, 7) is 5.91. The van der Waals surface area contributed by atoms with Crippen LogP contribution in [0.1, 0.15) is 110 Å². The van der Waals surface area contributed by atoms with E-state index in [1.807, 2.05) is 0 Å². The Morgan fingerprint density at radius 1 is 0.774 bits per heavy atom. The van der Waals surface area contributed by atoms with Gasteiger partial charge in [-0.05, 0) is 32.1 Å². The second kappa shape index (κ2) is 18.3. The molecule has 184 valence electrons. The fraction of sp³-hybridized carbons (Fsp3) is 0.920. The van der Waals surface area contributed by atoms with Gasteiger partial charge in [-0.2, -0.15) is 0 Å². The SMILES string of the molecule is CCCCCCCCC=CCCCCCCCCOP(=O)(O)OCC[N+]1(C)CCCC1. The lowest BCUT2D eigenvalue weighted by atomic mass is 10.1. The smallest absolute Gasteiger partial charge is 0.324 e. The molecule has 1 rings (SSSR count). The molecule has 6 heteroatoms. The Balaban J connectivity index is 1.84. The fourth-order valence-electron chi connectivity index (χ4n) is 4.27. The Bertz CT molecular complexity index is 492. The monoisotopic (exact) mass is 460 g/mol. The molecule has 0 saturated carbocycles. The van der Waals surface area contributed by atoms with E-state index >= 15 is 0 Å². The van der Waals surface area contributed by atoms with Crippen LogP contribution in [0.5, 0.6) is 0 Å². The van der Waals surface area contributed by atoms with Crippen molar-refractivity contribution in [1.82, 2.24) is 0 Å². The van der Waals surface area contributed by atoms with Crippen LogP contribution >= 0.6 is 7.82 Å². The first-order valence-electron chi connectivity index (χ1n) is 13.1. The molecule has 0 aromatic heterocycles. The molecule has 1 unspecified atom stereocenters. The van der Waals surface area contributed by atoms with Crippen LogP contribution < -0.4 is 0 Å². The van der Waals surface area contributed by atoms with Crippen LogP contribution in [0.3, 0.4) is 0 Å². The van der Waals surface area contributed by atoms with E-state index in [1.54, 1.807) is 0 Å². The first-order valence-corrected chi connectivity index (χ1v) is 14.6. The minimum Gasteiger partial charge on any atom is -0.324 e. The van der Waals surface area contributed by atoms with Crippen molar-refractivity contribution < 1.29 is 23.0 Å². The Kier molecular flexibility index (Phi) is 17.0. The molecule has 5 nitrogen and oxygen atoms in total. The number of allylic oxidation sites excluding steroid dienone is 2. The van der Waals surface area contributed by atoms with Crippen LogP contribution in [0.15, 0.2) is 12.2 Å². The number of rotatable bonds is 21. The third-order valence-corrected chi connectivity index (χ3v) is 7.46. The average molecular weight is 461 g/mol. The van der Waals surface area contributed by atoms with Crippen molar-refractivity contribution in [1.29, 1.82) is 0 Å². The lowest BCUT2D eigenvalue weighted by Gasteiger charge is -2.29. The van der Waals surface area contributed by atoms with E-state index in [4.69, 9.17) is 9.05 Å². The molecular formula is C25H51NO4P+. The minimum absolute atomic E-state index is 0.289. The second-order valence-corrected chi connectivity index (χ2v) is 11.0. The number of unbranched alkanes of at least 4 members (excludes halogenated alkanes) is 12. The number of likely N-dealkylation sites (N-methyl/N-ethyl adjacent to an activating group) is 1. The quantitative estimate of drug-likeness (QED) is 0.0839. The van der Waals surface area contributed by atoms with Gasteiger partial charge < -0.3 is 9.38 Å². The Hall–Kier alpha value is -0.190. The van der Waals surface area contributed by atoms with Crippen LogP contribution in [-0.2, 0) is 13.6 Å². The molecule has 0 amide bonds. The Labute approximate surface area is 192 Å². The van der Waals surface area contributed by atoms with Crippen molar-refractivity contribution in [2.75, 3.05) is 39.9 Å². The van der Waals surface area contributed by atoms with Gasteiger partial charge in [-0.15, -0.1) is 0 Å². The van der Waals surface area contributed by atoms with Crippen molar-refractivity contribution >= 4 is 7.82 Å². The van der Waals surface area contributed by atoms with Gasteiger partial charge in [-0.3, -0.25) is 9.05 Å². The standard InChI is InChI=1S/C25H50NO4P/c1-3-4-5-6-7-8-9-10-11-12-13-14-15-16-17-20-24-29-31(27,28)30-25-23-26(2)21-18-19-22-26/h10-11H,3-9,12-25H2,1-2H3/p+1. The van der Waals surface area contributed by atoms with E-state index in [0.717, 1.165) is 43.4 Å². The highest BCUT2D eigenvalue weighted by Gasteiger charge is 2.28. The predicted octanol–water partition coefficient (Wildman–Crippen LogP) is 7.40. The molecule has 0 spiro atoms. The van der Waals surface area contributed by atoms with Gasteiger partial charge in [0.15, 0.2) is 0 Å². The van der Waals surface area contributed by atoms with Crippen molar-refractivity contribution in [3.05, 3.63) is 12.2 Å². The zero-order valence-electron chi connectivity index (χ0n) is 20.6. The van der Waals surface area contributed by atoms with Crippen molar-refractivity contribution in [3.63, 3.8) is 0 Å². The molecule has 1 aliphatic rings.